The molecule has 0 aliphatic carbocycles. The molecule has 2 aromatic carbocycles. The van der Waals surface area contributed by atoms with Crippen molar-refractivity contribution in [2.75, 3.05) is 11.9 Å². The maximum Gasteiger partial charge on any atom is 0.335 e. The number of benzene rings is 2. The molecule has 27 heavy (non-hydrogen) atoms. The number of carboxylic acids is 1. The van der Waals surface area contributed by atoms with Crippen LogP contribution in [0.1, 0.15) is 21.5 Å². The predicted molar refractivity (Wildman–Crippen MR) is 101 cm³/mol. The SMILES string of the molecule is Cc1cc(OCC(=O)N/N=C2\C(=O)Nc3ccc(Br)cc32)ccc1C(=O)O. The molecule has 0 saturated carbocycles. The Morgan fingerprint density at radius 3 is 2.74 bits per heavy atom. The highest BCUT2D eigenvalue weighted by atomic mass is 79.9. The molecule has 3 N–H and O–H groups in total. The number of ether oxygens (including phenoxy) is 1. The highest BCUT2D eigenvalue weighted by Gasteiger charge is 2.26. The number of hydrazone groups is 1. The van der Waals surface area contributed by atoms with Gasteiger partial charge >= 0.3 is 5.97 Å². The first-order valence-corrected chi connectivity index (χ1v) is 8.59. The summed E-state index contributed by atoms with van der Waals surface area (Å²) in [4.78, 5) is 34.9. The molecular weight excluding hydrogens is 418 g/mol. The summed E-state index contributed by atoms with van der Waals surface area (Å²) in [6, 6.07) is 9.64. The second-order valence-corrected chi connectivity index (χ2v) is 6.63. The summed E-state index contributed by atoms with van der Waals surface area (Å²) in [5, 5.41) is 15.5. The number of nitrogens with one attached hydrogen (secondary N) is 2. The predicted octanol–water partition coefficient (Wildman–Crippen LogP) is 2.31. The van der Waals surface area contributed by atoms with E-state index < -0.39 is 17.8 Å². The molecule has 0 aromatic heterocycles. The summed E-state index contributed by atoms with van der Waals surface area (Å²) in [5.74, 6) is -1.65. The molecule has 3 rings (SSSR count). The van der Waals surface area contributed by atoms with E-state index in [0.29, 0.717) is 22.6 Å². The fourth-order valence-electron chi connectivity index (χ4n) is 2.50. The largest absolute Gasteiger partial charge is 0.484 e. The number of hydrogen-bond donors (Lipinski definition) is 3. The summed E-state index contributed by atoms with van der Waals surface area (Å²) >= 11 is 3.32. The highest BCUT2D eigenvalue weighted by Crippen LogP contribution is 2.26. The van der Waals surface area contributed by atoms with E-state index in [0.717, 1.165) is 4.47 Å². The lowest BCUT2D eigenvalue weighted by atomic mass is 10.1. The number of aromatic carboxylic acids is 1. The van der Waals surface area contributed by atoms with Crippen molar-refractivity contribution in [1.82, 2.24) is 5.43 Å². The topological polar surface area (TPSA) is 117 Å². The average molecular weight is 432 g/mol. The Hall–Kier alpha value is -3.20. The second kappa shape index (κ2) is 7.58. The molecule has 2 aromatic rings. The number of nitrogens with zero attached hydrogens (tertiary/aromatic N) is 1. The van der Waals surface area contributed by atoms with Gasteiger partial charge in [-0.1, -0.05) is 15.9 Å². The Morgan fingerprint density at radius 2 is 2.04 bits per heavy atom. The quantitative estimate of drug-likeness (QED) is 0.627. The van der Waals surface area contributed by atoms with Crippen molar-refractivity contribution in [3.8, 4) is 5.75 Å². The molecule has 1 aliphatic rings. The van der Waals surface area contributed by atoms with Crippen molar-refractivity contribution >= 4 is 45.1 Å². The van der Waals surface area contributed by atoms with Crippen LogP contribution in [0.4, 0.5) is 5.69 Å². The number of carbonyl (C=O) groups is 3. The van der Waals surface area contributed by atoms with Crippen LogP contribution in [-0.4, -0.2) is 35.2 Å². The van der Waals surface area contributed by atoms with E-state index >= 15 is 0 Å². The molecule has 1 heterocycles. The van der Waals surface area contributed by atoms with E-state index in [-0.39, 0.29) is 17.9 Å². The minimum atomic E-state index is -1.03. The molecule has 0 saturated heterocycles. The number of amides is 2. The Balaban J connectivity index is 1.63. The van der Waals surface area contributed by atoms with Crippen LogP contribution in [0.5, 0.6) is 5.75 Å². The van der Waals surface area contributed by atoms with Crippen LogP contribution in [0.2, 0.25) is 0 Å². The summed E-state index contributed by atoms with van der Waals surface area (Å²) in [5.41, 5.74) is 4.25. The Bertz CT molecular complexity index is 987. The number of carboxylic acid groups (broad SMARTS) is 1. The monoisotopic (exact) mass is 431 g/mol. The van der Waals surface area contributed by atoms with Crippen LogP contribution in [0.25, 0.3) is 0 Å². The minimum Gasteiger partial charge on any atom is -0.484 e. The normalized spacial score (nSPS) is 13.9. The fourth-order valence-corrected chi connectivity index (χ4v) is 2.86. The first-order valence-electron chi connectivity index (χ1n) is 7.79. The van der Waals surface area contributed by atoms with Crippen LogP contribution in [0.15, 0.2) is 46.0 Å². The van der Waals surface area contributed by atoms with Crippen molar-refractivity contribution in [2.45, 2.75) is 6.92 Å². The number of rotatable bonds is 5. The number of aryl methyl sites for hydroxylation is 1. The van der Waals surface area contributed by atoms with Gasteiger partial charge in [-0.15, -0.1) is 0 Å². The smallest absolute Gasteiger partial charge is 0.335 e. The van der Waals surface area contributed by atoms with Gasteiger partial charge in [0.2, 0.25) is 0 Å². The van der Waals surface area contributed by atoms with Crippen molar-refractivity contribution in [2.24, 2.45) is 5.10 Å². The molecule has 0 atom stereocenters. The van der Waals surface area contributed by atoms with Gasteiger partial charge in [-0.25, -0.2) is 10.2 Å². The van der Waals surface area contributed by atoms with Crippen molar-refractivity contribution in [3.63, 3.8) is 0 Å². The lowest BCUT2D eigenvalue weighted by Crippen LogP contribution is -2.27. The van der Waals surface area contributed by atoms with Crippen LogP contribution < -0.4 is 15.5 Å². The molecule has 0 unspecified atom stereocenters. The van der Waals surface area contributed by atoms with Crippen LogP contribution in [0, 0.1) is 6.92 Å². The summed E-state index contributed by atoms with van der Waals surface area (Å²) in [6.45, 7) is 1.30. The molecule has 138 valence electrons. The molecule has 0 radical (unpaired) electrons. The molecule has 0 spiro atoms. The number of carbonyl (C=O) groups excluding carboxylic acids is 2. The van der Waals surface area contributed by atoms with Crippen LogP contribution in [-0.2, 0) is 9.59 Å². The average Bonchev–Trinajstić information content (AvgIpc) is 2.92. The van der Waals surface area contributed by atoms with Gasteiger partial charge in [0.15, 0.2) is 12.3 Å². The van der Waals surface area contributed by atoms with Crippen LogP contribution in [0.3, 0.4) is 0 Å². The third kappa shape index (κ3) is 4.14. The Kier molecular flexibility index (Phi) is 5.22. The highest BCUT2D eigenvalue weighted by molar-refractivity contribution is 9.10. The second-order valence-electron chi connectivity index (χ2n) is 5.71. The van der Waals surface area contributed by atoms with Crippen molar-refractivity contribution in [1.29, 1.82) is 0 Å². The molecule has 8 nitrogen and oxygen atoms in total. The van der Waals surface area contributed by atoms with Crippen LogP contribution >= 0.6 is 15.9 Å². The zero-order chi connectivity index (χ0) is 19.6. The third-order valence-electron chi connectivity index (χ3n) is 3.79. The van der Waals surface area contributed by atoms with E-state index in [9.17, 15) is 14.4 Å². The summed E-state index contributed by atoms with van der Waals surface area (Å²) in [7, 11) is 0. The molecule has 9 heteroatoms. The van der Waals surface area contributed by atoms with Gasteiger partial charge in [-0.3, -0.25) is 9.59 Å². The van der Waals surface area contributed by atoms with E-state index in [1.807, 2.05) is 0 Å². The van der Waals surface area contributed by atoms with E-state index in [1.54, 1.807) is 25.1 Å². The number of fused-ring (bicyclic) bond motifs is 1. The van der Waals surface area contributed by atoms with E-state index in [4.69, 9.17) is 9.84 Å². The van der Waals surface area contributed by atoms with Gasteiger partial charge in [0.25, 0.3) is 11.8 Å². The van der Waals surface area contributed by atoms with Crippen molar-refractivity contribution in [3.05, 3.63) is 57.6 Å². The Labute approximate surface area is 162 Å². The van der Waals surface area contributed by atoms with Gasteiger partial charge < -0.3 is 15.2 Å². The lowest BCUT2D eigenvalue weighted by molar-refractivity contribution is -0.123. The molecule has 0 fully saturated rings. The van der Waals surface area contributed by atoms with Gasteiger partial charge in [0.05, 0.1) is 11.3 Å². The zero-order valence-corrected chi connectivity index (χ0v) is 15.7. The van der Waals surface area contributed by atoms with Gasteiger partial charge in [-0.2, -0.15) is 5.10 Å². The number of anilines is 1. The zero-order valence-electron chi connectivity index (χ0n) is 14.1. The first kappa shape index (κ1) is 18.6. The third-order valence-corrected chi connectivity index (χ3v) is 4.28. The maximum absolute atomic E-state index is 12.0. The van der Waals surface area contributed by atoms with Gasteiger partial charge in [-0.05, 0) is 48.9 Å². The minimum absolute atomic E-state index is 0.0984. The van der Waals surface area contributed by atoms with Gasteiger partial charge in [0, 0.05) is 10.0 Å². The maximum atomic E-state index is 12.0. The number of hydrogen-bond acceptors (Lipinski definition) is 5. The Morgan fingerprint density at radius 1 is 1.26 bits per heavy atom. The van der Waals surface area contributed by atoms with Crippen molar-refractivity contribution < 1.29 is 24.2 Å². The molecule has 0 bridgehead atoms. The number of halogens is 1. The van der Waals surface area contributed by atoms with E-state index in [2.05, 4.69) is 31.8 Å². The lowest BCUT2D eigenvalue weighted by Gasteiger charge is -2.07. The fraction of sp³-hybridized carbons (Fsp3) is 0.111. The first-order chi connectivity index (χ1) is 12.8. The summed E-state index contributed by atoms with van der Waals surface area (Å²) in [6.07, 6.45) is 0. The van der Waals surface area contributed by atoms with Gasteiger partial charge in [0.1, 0.15) is 5.75 Å². The molecule has 2 amide bonds. The molecule has 1 aliphatic heterocycles. The van der Waals surface area contributed by atoms with E-state index in [1.165, 1.54) is 18.2 Å². The summed E-state index contributed by atoms with van der Waals surface area (Å²) < 4.78 is 6.11. The standard InChI is InChI=1S/C18H14BrN3O5/c1-9-6-11(3-4-12(9)18(25)26)27-8-15(23)21-22-16-13-7-10(19)2-5-14(13)20-17(16)24/h2-7H,8H2,1H3,(H,21,23)(H,25,26)(H,20,22,24). The molecular formula is C18H14BrN3O5.